The molecule has 2 atom stereocenters. The number of benzene rings is 1. The van der Waals surface area contributed by atoms with Crippen LogP contribution in [-0.2, 0) is 14.3 Å². The average molecular weight is 392 g/mol. The van der Waals surface area contributed by atoms with Crippen molar-refractivity contribution in [3.8, 4) is 11.5 Å². The van der Waals surface area contributed by atoms with Gasteiger partial charge in [0.1, 0.15) is 0 Å². The van der Waals surface area contributed by atoms with Crippen LogP contribution in [0.15, 0.2) is 18.2 Å². The fourth-order valence-corrected chi connectivity index (χ4v) is 3.68. The van der Waals surface area contributed by atoms with Gasteiger partial charge in [-0.15, -0.1) is 0 Å². The van der Waals surface area contributed by atoms with Crippen molar-refractivity contribution in [1.82, 2.24) is 10.2 Å². The van der Waals surface area contributed by atoms with Crippen LogP contribution in [-0.4, -0.2) is 64.3 Å². The lowest BCUT2D eigenvalue weighted by atomic mass is 9.87. The normalized spacial score (nSPS) is 19.0. The number of methoxy groups -OCH3 is 3. The molecule has 1 N–H and O–H groups in total. The second kappa shape index (κ2) is 10.3. The van der Waals surface area contributed by atoms with Crippen LogP contribution < -0.4 is 14.8 Å². The molecule has 1 heterocycles. The SMILES string of the molecule is COCCNC(=O)[C@@H]1CN(C(=O)CC(C)C)C[C@H]1c1cccc(OC)c1OC. The summed E-state index contributed by atoms with van der Waals surface area (Å²) in [5, 5.41) is 2.92. The maximum atomic E-state index is 12.9. The zero-order valence-electron chi connectivity index (χ0n) is 17.5. The number of hydrogen-bond acceptors (Lipinski definition) is 5. The molecule has 1 aliphatic rings. The highest BCUT2D eigenvalue weighted by Crippen LogP contribution is 2.42. The molecule has 0 bridgehead atoms. The number of amides is 2. The Morgan fingerprint density at radius 1 is 1.18 bits per heavy atom. The van der Waals surface area contributed by atoms with Crippen LogP contribution >= 0.6 is 0 Å². The first kappa shape index (κ1) is 22.0. The number of carbonyl (C=O) groups excluding carboxylic acids is 2. The lowest BCUT2D eigenvalue weighted by Crippen LogP contribution is -2.37. The van der Waals surface area contributed by atoms with Crippen LogP contribution in [0.4, 0.5) is 0 Å². The number of hydrogen-bond donors (Lipinski definition) is 1. The van der Waals surface area contributed by atoms with E-state index in [4.69, 9.17) is 14.2 Å². The predicted octanol–water partition coefficient (Wildman–Crippen LogP) is 2.05. The Morgan fingerprint density at radius 3 is 2.54 bits per heavy atom. The van der Waals surface area contributed by atoms with Gasteiger partial charge in [-0.1, -0.05) is 26.0 Å². The first-order valence-corrected chi connectivity index (χ1v) is 9.68. The summed E-state index contributed by atoms with van der Waals surface area (Å²) >= 11 is 0. The van der Waals surface area contributed by atoms with Gasteiger partial charge in [0.15, 0.2) is 11.5 Å². The van der Waals surface area contributed by atoms with Crippen molar-refractivity contribution in [3.63, 3.8) is 0 Å². The van der Waals surface area contributed by atoms with E-state index in [1.165, 1.54) is 0 Å². The van der Waals surface area contributed by atoms with Gasteiger partial charge in [-0.2, -0.15) is 0 Å². The Morgan fingerprint density at radius 2 is 1.93 bits per heavy atom. The molecule has 0 unspecified atom stereocenters. The minimum atomic E-state index is -0.353. The molecule has 1 saturated heterocycles. The molecule has 1 aromatic carbocycles. The maximum Gasteiger partial charge on any atom is 0.225 e. The summed E-state index contributed by atoms with van der Waals surface area (Å²) in [6, 6.07) is 5.65. The molecule has 156 valence electrons. The summed E-state index contributed by atoms with van der Waals surface area (Å²) in [6.07, 6.45) is 0.472. The van der Waals surface area contributed by atoms with E-state index in [0.29, 0.717) is 44.2 Å². The molecule has 7 heteroatoms. The summed E-state index contributed by atoms with van der Waals surface area (Å²) in [6.45, 7) is 5.80. The molecule has 1 aliphatic heterocycles. The van der Waals surface area contributed by atoms with E-state index in [1.807, 2.05) is 32.0 Å². The van der Waals surface area contributed by atoms with Gasteiger partial charge in [0, 0.05) is 44.6 Å². The van der Waals surface area contributed by atoms with E-state index < -0.39 is 0 Å². The fourth-order valence-electron chi connectivity index (χ4n) is 3.68. The molecule has 7 nitrogen and oxygen atoms in total. The Labute approximate surface area is 167 Å². The number of para-hydroxylation sites is 1. The molecular formula is C21H32N2O5. The number of rotatable bonds is 9. The van der Waals surface area contributed by atoms with Crippen molar-refractivity contribution in [3.05, 3.63) is 23.8 Å². The quantitative estimate of drug-likeness (QED) is 0.651. The zero-order valence-corrected chi connectivity index (χ0v) is 17.5. The van der Waals surface area contributed by atoms with Gasteiger partial charge < -0.3 is 24.4 Å². The molecule has 0 saturated carbocycles. The van der Waals surface area contributed by atoms with Crippen LogP contribution in [0.2, 0.25) is 0 Å². The fraction of sp³-hybridized carbons (Fsp3) is 0.619. The van der Waals surface area contributed by atoms with Gasteiger partial charge in [0.25, 0.3) is 0 Å². The second-order valence-corrected chi connectivity index (χ2v) is 7.48. The number of carbonyl (C=O) groups is 2. The number of likely N-dealkylation sites (tertiary alicyclic amines) is 1. The van der Waals surface area contributed by atoms with Crippen LogP contribution in [0.25, 0.3) is 0 Å². The highest BCUT2D eigenvalue weighted by atomic mass is 16.5. The number of ether oxygens (including phenoxy) is 3. The molecule has 0 aromatic heterocycles. The second-order valence-electron chi connectivity index (χ2n) is 7.48. The minimum Gasteiger partial charge on any atom is -0.493 e. The van der Waals surface area contributed by atoms with Gasteiger partial charge in [-0.3, -0.25) is 9.59 Å². The van der Waals surface area contributed by atoms with Gasteiger partial charge >= 0.3 is 0 Å². The topological polar surface area (TPSA) is 77.1 Å². The Hall–Kier alpha value is -2.28. The van der Waals surface area contributed by atoms with E-state index in [2.05, 4.69) is 5.32 Å². The first-order chi connectivity index (χ1) is 13.4. The summed E-state index contributed by atoms with van der Waals surface area (Å²) < 4.78 is 16.0. The third-order valence-corrected chi connectivity index (χ3v) is 5.03. The Kier molecular flexibility index (Phi) is 8.11. The molecule has 28 heavy (non-hydrogen) atoms. The summed E-state index contributed by atoms with van der Waals surface area (Å²) in [5.74, 6) is 0.985. The average Bonchev–Trinajstić information content (AvgIpc) is 3.12. The van der Waals surface area contributed by atoms with E-state index in [-0.39, 0.29) is 29.6 Å². The lowest BCUT2D eigenvalue weighted by molar-refractivity contribution is -0.131. The van der Waals surface area contributed by atoms with Crippen molar-refractivity contribution in [1.29, 1.82) is 0 Å². The van der Waals surface area contributed by atoms with Crippen molar-refractivity contribution < 1.29 is 23.8 Å². The first-order valence-electron chi connectivity index (χ1n) is 9.68. The molecular weight excluding hydrogens is 360 g/mol. The standard InChI is InChI=1S/C21H32N2O5/c1-14(2)11-19(24)23-12-16(17(13-23)21(25)22-9-10-26-3)15-7-6-8-18(27-4)20(15)28-5/h6-8,14,16-17H,9-13H2,1-5H3,(H,22,25)/t16-,17+/m0/s1. The smallest absolute Gasteiger partial charge is 0.225 e. The van der Waals surface area contributed by atoms with Gasteiger partial charge in [0.05, 0.1) is 26.7 Å². The summed E-state index contributed by atoms with van der Waals surface area (Å²) in [7, 11) is 4.77. The third kappa shape index (κ3) is 5.16. The third-order valence-electron chi connectivity index (χ3n) is 5.03. The molecule has 0 aliphatic carbocycles. The van der Waals surface area contributed by atoms with Crippen molar-refractivity contribution in [2.75, 3.05) is 47.6 Å². The van der Waals surface area contributed by atoms with Gasteiger partial charge in [-0.25, -0.2) is 0 Å². The lowest BCUT2D eigenvalue weighted by Gasteiger charge is -2.21. The molecule has 2 amide bonds. The van der Waals surface area contributed by atoms with E-state index >= 15 is 0 Å². The van der Waals surface area contributed by atoms with Crippen molar-refractivity contribution >= 4 is 11.8 Å². The summed E-state index contributed by atoms with van der Waals surface area (Å²) in [5.41, 5.74) is 0.883. The molecule has 1 fully saturated rings. The van der Waals surface area contributed by atoms with Crippen LogP contribution in [0.5, 0.6) is 11.5 Å². The van der Waals surface area contributed by atoms with Gasteiger partial charge in [-0.05, 0) is 12.0 Å². The molecule has 0 spiro atoms. The maximum absolute atomic E-state index is 12.9. The van der Waals surface area contributed by atoms with Gasteiger partial charge in [0.2, 0.25) is 11.8 Å². The number of nitrogens with one attached hydrogen (secondary N) is 1. The van der Waals surface area contributed by atoms with Crippen molar-refractivity contribution in [2.24, 2.45) is 11.8 Å². The number of nitrogens with zero attached hydrogens (tertiary/aromatic N) is 1. The summed E-state index contributed by atoms with van der Waals surface area (Å²) in [4.78, 5) is 27.3. The van der Waals surface area contributed by atoms with E-state index in [1.54, 1.807) is 26.2 Å². The molecule has 2 rings (SSSR count). The van der Waals surface area contributed by atoms with Crippen LogP contribution in [0.3, 0.4) is 0 Å². The zero-order chi connectivity index (χ0) is 20.7. The largest absolute Gasteiger partial charge is 0.493 e. The Bertz CT molecular complexity index is 677. The predicted molar refractivity (Wildman–Crippen MR) is 107 cm³/mol. The minimum absolute atomic E-state index is 0.0771. The highest BCUT2D eigenvalue weighted by molar-refractivity contribution is 5.83. The van der Waals surface area contributed by atoms with Crippen LogP contribution in [0, 0.1) is 11.8 Å². The monoisotopic (exact) mass is 392 g/mol. The van der Waals surface area contributed by atoms with Crippen molar-refractivity contribution in [2.45, 2.75) is 26.2 Å². The Balaban J connectivity index is 2.31. The molecule has 0 radical (unpaired) electrons. The highest BCUT2D eigenvalue weighted by Gasteiger charge is 2.41. The van der Waals surface area contributed by atoms with E-state index in [0.717, 1.165) is 5.56 Å². The van der Waals surface area contributed by atoms with Crippen LogP contribution in [0.1, 0.15) is 31.7 Å². The molecule has 1 aromatic rings. The van der Waals surface area contributed by atoms with E-state index in [9.17, 15) is 9.59 Å².